The number of carboxylic acids is 1. The van der Waals surface area contributed by atoms with Gasteiger partial charge in [-0.05, 0) is 58.2 Å². The Bertz CT molecular complexity index is 839. The van der Waals surface area contributed by atoms with Gasteiger partial charge in [0.15, 0.2) is 0 Å². The number of hydrogen-bond donors (Lipinski definition) is 2. The molecule has 1 aliphatic carbocycles. The van der Waals surface area contributed by atoms with E-state index in [2.05, 4.69) is 32.6 Å². The minimum atomic E-state index is -1.15. The normalized spacial score (nSPS) is 14.8. The molecule has 3 rings (SSSR count). The summed E-state index contributed by atoms with van der Waals surface area (Å²) in [5.74, 6) is -0.601. The predicted octanol–water partition coefficient (Wildman–Crippen LogP) is 5.07. The molecule has 0 atom stereocenters. The Morgan fingerprint density at radius 2 is 2.04 bits per heavy atom. The second-order valence-electron chi connectivity index (χ2n) is 6.14. The molecule has 132 valence electrons. The number of aromatic carboxylic acids is 1. The van der Waals surface area contributed by atoms with E-state index in [0.717, 1.165) is 28.4 Å². The zero-order valence-corrected chi connectivity index (χ0v) is 16.9. The molecule has 1 heterocycles. The highest BCUT2D eigenvalue weighted by molar-refractivity contribution is 14.1. The molecular weight excluding hydrogens is 476 g/mol. The third kappa shape index (κ3) is 3.71. The number of halogens is 3. The molecule has 2 aromatic rings. The predicted molar refractivity (Wildman–Crippen MR) is 107 cm³/mol. The van der Waals surface area contributed by atoms with Crippen LogP contribution in [0.3, 0.4) is 0 Å². The van der Waals surface area contributed by atoms with Crippen molar-refractivity contribution < 1.29 is 9.90 Å². The summed E-state index contributed by atoms with van der Waals surface area (Å²) < 4.78 is 0.763. The van der Waals surface area contributed by atoms with Gasteiger partial charge in [0.1, 0.15) is 0 Å². The number of nitrogen functional groups attached to an aromatic ring is 1. The lowest BCUT2D eigenvalue weighted by Gasteiger charge is -2.20. The van der Waals surface area contributed by atoms with Gasteiger partial charge in [0.05, 0.1) is 22.0 Å². The molecule has 3 N–H and O–H groups in total. The molecule has 1 aromatic heterocycles. The van der Waals surface area contributed by atoms with Crippen LogP contribution in [0.25, 0.3) is 11.3 Å². The number of carboxylic acid groups (broad SMARTS) is 1. The van der Waals surface area contributed by atoms with Crippen LogP contribution in [0.1, 0.15) is 41.6 Å². The third-order valence-electron chi connectivity index (χ3n) is 4.58. The standard InChI is InChI=1S/C17H16Cl2IN3O2/c18-13-12(16(24)25)11(10-5-6-22-17(19)23-10)14(20)9(15(13)21)7-8-3-1-2-4-8/h5-6,8H,1-4,7,21H2,(H,24,25). The number of carbonyl (C=O) groups is 1. The van der Waals surface area contributed by atoms with Crippen molar-refractivity contribution in [2.24, 2.45) is 5.92 Å². The van der Waals surface area contributed by atoms with Gasteiger partial charge < -0.3 is 10.8 Å². The molecule has 25 heavy (non-hydrogen) atoms. The van der Waals surface area contributed by atoms with Crippen LogP contribution in [0.5, 0.6) is 0 Å². The molecule has 1 aromatic carbocycles. The Morgan fingerprint density at radius 1 is 1.36 bits per heavy atom. The number of rotatable bonds is 4. The largest absolute Gasteiger partial charge is 0.478 e. The molecule has 1 aliphatic rings. The molecule has 1 fully saturated rings. The van der Waals surface area contributed by atoms with E-state index in [9.17, 15) is 9.90 Å². The Labute approximate surface area is 169 Å². The molecule has 0 spiro atoms. The summed E-state index contributed by atoms with van der Waals surface area (Å²) in [5.41, 5.74) is 8.29. The first kappa shape index (κ1) is 18.7. The summed E-state index contributed by atoms with van der Waals surface area (Å²) in [7, 11) is 0. The summed E-state index contributed by atoms with van der Waals surface area (Å²) in [4.78, 5) is 19.9. The topological polar surface area (TPSA) is 89.1 Å². The van der Waals surface area contributed by atoms with Gasteiger partial charge in [0.25, 0.3) is 0 Å². The number of hydrogen-bond acceptors (Lipinski definition) is 4. The van der Waals surface area contributed by atoms with Crippen LogP contribution in [0.15, 0.2) is 12.3 Å². The molecule has 1 saturated carbocycles. The highest BCUT2D eigenvalue weighted by Gasteiger charge is 2.28. The average Bonchev–Trinajstić information content (AvgIpc) is 3.07. The van der Waals surface area contributed by atoms with Crippen LogP contribution in [-0.4, -0.2) is 21.0 Å². The Kier molecular flexibility index (Phi) is 5.70. The van der Waals surface area contributed by atoms with Crippen molar-refractivity contribution in [1.29, 1.82) is 0 Å². The summed E-state index contributed by atoms with van der Waals surface area (Å²) in [5, 5.41) is 9.79. The maximum atomic E-state index is 11.8. The highest BCUT2D eigenvalue weighted by Crippen LogP contribution is 2.42. The SMILES string of the molecule is Nc1c(Cl)c(C(=O)O)c(-c2ccnc(Cl)n2)c(I)c1CC1CCCC1. The number of aromatic nitrogens is 2. The molecular formula is C17H16Cl2IN3O2. The van der Waals surface area contributed by atoms with E-state index in [0.29, 0.717) is 22.9 Å². The van der Waals surface area contributed by atoms with E-state index in [1.54, 1.807) is 6.07 Å². The van der Waals surface area contributed by atoms with Crippen molar-refractivity contribution in [2.45, 2.75) is 32.1 Å². The molecule has 5 nitrogen and oxygen atoms in total. The van der Waals surface area contributed by atoms with Crippen LogP contribution in [0.4, 0.5) is 5.69 Å². The fourth-order valence-electron chi connectivity index (χ4n) is 3.37. The summed E-state index contributed by atoms with van der Waals surface area (Å²) in [6.45, 7) is 0. The third-order valence-corrected chi connectivity index (χ3v) is 6.34. The Balaban J connectivity index is 2.23. The van der Waals surface area contributed by atoms with Crippen LogP contribution >= 0.6 is 45.8 Å². The van der Waals surface area contributed by atoms with E-state index >= 15 is 0 Å². The van der Waals surface area contributed by atoms with Crippen molar-refractivity contribution in [2.75, 3.05) is 5.73 Å². The molecule has 0 radical (unpaired) electrons. The van der Waals surface area contributed by atoms with E-state index < -0.39 is 5.97 Å². The molecule has 0 unspecified atom stereocenters. The van der Waals surface area contributed by atoms with Crippen LogP contribution in [0.2, 0.25) is 10.3 Å². The lowest BCUT2D eigenvalue weighted by Crippen LogP contribution is -2.12. The lowest BCUT2D eigenvalue weighted by atomic mass is 9.92. The fourth-order valence-corrected chi connectivity index (χ4v) is 4.87. The smallest absolute Gasteiger partial charge is 0.338 e. The minimum absolute atomic E-state index is 0.0477. The number of nitrogens with two attached hydrogens (primary N) is 1. The van der Waals surface area contributed by atoms with Gasteiger partial charge in [-0.1, -0.05) is 37.3 Å². The molecule has 8 heteroatoms. The van der Waals surface area contributed by atoms with Crippen molar-refractivity contribution in [3.63, 3.8) is 0 Å². The van der Waals surface area contributed by atoms with Gasteiger partial charge in [-0.3, -0.25) is 0 Å². The van der Waals surface area contributed by atoms with Crippen LogP contribution < -0.4 is 5.73 Å². The first-order valence-electron chi connectivity index (χ1n) is 7.91. The van der Waals surface area contributed by atoms with Gasteiger partial charge in [-0.25, -0.2) is 14.8 Å². The van der Waals surface area contributed by atoms with E-state index in [1.807, 2.05) is 0 Å². The van der Waals surface area contributed by atoms with Gasteiger partial charge in [0, 0.05) is 15.3 Å². The van der Waals surface area contributed by atoms with Crippen molar-refractivity contribution in [3.8, 4) is 11.3 Å². The van der Waals surface area contributed by atoms with Crippen LogP contribution in [-0.2, 0) is 6.42 Å². The number of nitrogens with zero attached hydrogens (tertiary/aromatic N) is 2. The van der Waals surface area contributed by atoms with Crippen molar-refractivity contribution in [3.05, 3.63) is 37.3 Å². The number of benzene rings is 1. The Hall–Kier alpha value is -1.12. The number of anilines is 1. The fraction of sp³-hybridized carbons (Fsp3) is 0.353. The average molecular weight is 492 g/mol. The van der Waals surface area contributed by atoms with Crippen molar-refractivity contribution >= 4 is 57.4 Å². The van der Waals surface area contributed by atoms with Gasteiger partial charge >= 0.3 is 5.97 Å². The quantitative estimate of drug-likeness (QED) is 0.354. The van der Waals surface area contributed by atoms with Gasteiger partial charge in [0.2, 0.25) is 5.28 Å². The zero-order chi connectivity index (χ0) is 18.1. The van der Waals surface area contributed by atoms with Gasteiger partial charge in [-0.2, -0.15) is 0 Å². The second-order valence-corrected chi connectivity index (χ2v) is 7.94. The van der Waals surface area contributed by atoms with Crippen molar-refractivity contribution in [1.82, 2.24) is 9.97 Å². The minimum Gasteiger partial charge on any atom is -0.478 e. The molecule has 0 saturated heterocycles. The summed E-state index contributed by atoms with van der Waals surface area (Å²) in [6, 6.07) is 1.63. The lowest BCUT2D eigenvalue weighted by molar-refractivity contribution is 0.0698. The van der Waals surface area contributed by atoms with E-state index in [1.165, 1.54) is 19.0 Å². The first-order chi connectivity index (χ1) is 11.9. The maximum Gasteiger partial charge on any atom is 0.338 e. The van der Waals surface area contributed by atoms with E-state index in [-0.39, 0.29) is 15.9 Å². The van der Waals surface area contributed by atoms with Crippen LogP contribution in [0, 0.1) is 9.49 Å². The second kappa shape index (κ2) is 7.63. The first-order valence-corrected chi connectivity index (χ1v) is 9.75. The molecule has 0 bridgehead atoms. The Morgan fingerprint density at radius 3 is 2.64 bits per heavy atom. The molecule has 0 aliphatic heterocycles. The van der Waals surface area contributed by atoms with Gasteiger partial charge in [-0.15, -0.1) is 0 Å². The highest BCUT2D eigenvalue weighted by atomic mass is 127. The maximum absolute atomic E-state index is 11.8. The molecule has 0 amide bonds. The summed E-state index contributed by atoms with van der Waals surface area (Å²) in [6.07, 6.45) is 7.03. The van der Waals surface area contributed by atoms with E-state index in [4.69, 9.17) is 28.9 Å². The zero-order valence-electron chi connectivity index (χ0n) is 13.2. The summed E-state index contributed by atoms with van der Waals surface area (Å²) >= 11 is 14.4. The monoisotopic (exact) mass is 491 g/mol.